The van der Waals surface area contributed by atoms with Gasteiger partial charge in [-0.05, 0) is 44.3 Å². The second-order valence-electron chi connectivity index (χ2n) is 6.95. The van der Waals surface area contributed by atoms with Gasteiger partial charge in [0, 0.05) is 20.0 Å². The van der Waals surface area contributed by atoms with Gasteiger partial charge in [-0.25, -0.2) is 0 Å². The number of hydrogen-bond acceptors (Lipinski definition) is 3. The largest absolute Gasteiger partial charge is 0.495 e. The van der Waals surface area contributed by atoms with Crippen LogP contribution in [0.5, 0.6) is 0 Å². The van der Waals surface area contributed by atoms with E-state index < -0.39 is 0 Å². The third-order valence-corrected chi connectivity index (χ3v) is 4.97. The van der Waals surface area contributed by atoms with Crippen LogP contribution >= 0.6 is 0 Å². The highest BCUT2D eigenvalue weighted by Gasteiger charge is 2.52. The molecule has 21 heavy (non-hydrogen) atoms. The van der Waals surface area contributed by atoms with Crippen molar-refractivity contribution in [2.24, 2.45) is 0 Å². The first-order valence-corrected chi connectivity index (χ1v) is 7.43. The van der Waals surface area contributed by atoms with Crippen molar-refractivity contribution in [1.82, 2.24) is 4.90 Å². The molecule has 0 spiro atoms. The van der Waals surface area contributed by atoms with Crippen LogP contribution in [-0.4, -0.2) is 29.1 Å². The molecule has 0 atom stereocenters. The van der Waals surface area contributed by atoms with E-state index in [1.54, 1.807) is 6.92 Å². The fraction of sp³-hybridized carbons (Fsp3) is 0.562. The van der Waals surface area contributed by atoms with E-state index in [9.17, 15) is 4.79 Å². The highest BCUT2D eigenvalue weighted by molar-refractivity contribution is 6.62. The second kappa shape index (κ2) is 4.58. The summed E-state index contributed by atoms with van der Waals surface area (Å²) >= 11 is 0. The quantitative estimate of drug-likeness (QED) is 0.740. The fourth-order valence-corrected chi connectivity index (χ4v) is 2.86. The first-order chi connectivity index (χ1) is 9.71. The summed E-state index contributed by atoms with van der Waals surface area (Å²) < 4.78 is 12.3. The Labute approximate surface area is 126 Å². The molecule has 5 heteroatoms. The highest BCUT2D eigenvalue weighted by Crippen LogP contribution is 2.37. The molecule has 2 aliphatic heterocycles. The molecule has 0 saturated carbocycles. The average molecular weight is 287 g/mol. The maximum Gasteiger partial charge on any atom is 0.495 e. The molecule has 1 fully saturated rings. The maximum absolute atomic E-state index is 11.6. The fourth-order valence-electron chi connectivity index (χ4n) is 2.86. The van der Waals surface area contributed by atoms with Gasteiger partial charge < -0.3 is 14.2 Å². The maximum atomic E-state index is 11.6. The van der Waals surface area contributed by atoms with E-state index in [1.165, 1.54) is 11.1 Å². The number of amides is 1. The monoisotopic (exact) mass is 287 g/mol. The summed E-state index contributed by atoms with van der Waals surface area (Å²) in [6, 6.07) is 6.14. The highest BCUT2D eigenvalue weighted by atomic mass is 16.7. The first kappa shape index (κ1) is 14.6. The second-order valence-corrected chi connectivity index (χ2v) is 6.95. The van der Waals surface area contributed by atoms with E-state index in [0.29, 0.717) is 13.1 Å². The SMILES string of the molecule is CC(=O)N1Cc2cccc(B3OC(C)(C)C(C)(C)O3)c2C1. The number of hydrogen-bond donors (Lipinski definition) is 0. The normalized spacial score (nSPS) is 22.5. The number of carbonyl (C=O) groups is 1. The van der Waals surface area contributed by atoms with Crippen molar-refractivity contribution in [3.63, 3.8) is 0 Å². The summed E-state index contributed by atoms with van der Waals surface area (Å²) in [6.07, 6.45) is 0. The third kappa shape index (κ3) is 2.28. The molecule has 112 valence electrons. The smallest absolute Gasteiger partial charge is 0.399 e. The third-order valence-electron chi connectivity index (χ3n) is 4.97. The van der Waals surface area contributed by atoms with E-state index in [2.05, 4.69) is 33.8 Å². The van der Waals surface area contributed by atoms with E-state index in [1.807, 2.05) is 17.0 Å². The summed E-state index contributed by atoms with van der Waals surface area (Å²) in [4.78, 5) is 13.5. The topological polar surface area (TPSA) is 38.8 Å². The Bertz CT molecular complexity index is 581. The molecule has 1 amide bonds. The number of nitrogens with zero attached hydrogens (tertiary/aromatic N) is 1. The van der Waals surface area contributed by atoms with Crippen molar-refractivity contribution in [1.29, 1.82) is 0 Å². The molecule has 0 aliphatic carbocycles. The Kier molecular flexibility index (Phi) is 3.19. The van der Waals surface area contributed by atoms with Gasteiger partial charge in [0.1, 0.15) is 0 Å². The van der Waals surface area contributed by atoms with Gasteiger partial charge in [-0.3, -0.25) is 4.79 Å². The molecule has 0 unspecified atom stereocenters. The van der Waals surface area contributed by atoms with Gasteiger partial charge in [0.25, 0.3) is 0 Å². The zero-order chi connectivity index (χ0) is 15.4. The minimum absolute atomic E-state index is 0.103. The van der Waals surface area contributed by atoms with Gasteiger partial charge in [0.05, 0.1) is 11.2 Å². The predicted octanol–water partition coefficient (Wildman–Crippen LogP) is 1.85. The van der Waals surface area contributed by atoms with Gasteiger partial charge in [0.2, 0.25) is 5.91 Å². The zero-order valence-corrected chi connectivity index (χ0v) is 13.4. The van der Waals surface area contributed by atoms with Crippen molar-refractivity contribution >= 4 is 18.5 Å². The molecule has 1 aromatic carbocycles. The van der Waals surface area contributed by atoms with Crippen molar-refractivity contribution < 1.29 is 14.1 Å². The van der Waals surface area contributed by atoms with Crippen LogP contribution in [0.25, 0.3) is 0 Å². The Morgan fingerprint density at radius 2 is 1.76 bits per heavy atom. The van der Waals surface area contributed by atoms with Crippen molar-refractivity contribution in [2.75, 3.05) is 0 Å². The van der Waals surface area contributed by atoms with E-state index in [0.717, 1.165) is 5.46 Å². The molecular formula is C16H22BNO3. The molecule has 2 heterocycles. The Morgan fingerprint density at radius 3 is 2.33 bits per heavy atom. The lowest BCUT2D eigenvalue weighted by molar-refractivity contribution is -0.129. The molecule has 1 saturated heterocycles. The Hall–Kier alpha value is -1.33. The lowest BCUT2D eigenvalue weighted by Crippen LogP contribution is -2.41. The van der Waals surface area contributed by atoms with Gasteiger partial charge in [0.15, 0.2) is 0 Å². The van der Waals surface area contributed by atoms with E-state index >= 15 is 0 Å². The molecular weight excluding hydrogens is 265 g/mol. The molecule has 1 aromatic rings. The zero-order valence-electron chi connectivity index (χ0n) is 13.4. The lowest BCUT2D eigenvalue weighted by Gasteiger charge is -2.32. The summed E-state index contributed by atoms with van der Waals surface area (Å²) in [5, 5.41) is 0. The van der Waals surface area contributed by atoms with Gasteiger partial charge in [-0.2, -0.15) is 0 Å². The van der Waals surface area contributed by atoms with Gasteiger partial charge in [-0.1, -0.05) is 18.2 Å². The van der Waals surface area contributed by atoms with E-state index in [-0.39, 0.29) is 24.2 Å². The molecule has 4 nitrogen and oxygen atoms in total. The minimum Gasteiger partial charge on any atom is -0.399 e. The summed E-state index contributed by atoms with van der Waals surface area (Å²) in [5.74, 6) is 0.103. The Balaban J connectivity index is 1.93. The van der Waals surface area contributed by atoms with Crippen molar-refractivity contribution in [3.05, 3.63) is 29.3 Å². The molecule has 0 bridgehead atoms. The van der Waals surface area contributed by atoms with Crippen molar-refractivity contribution in [3.8, 4) is 0 Å². The number of rotatable bonds is 1. The van der Waals surface area contributed by atoms with Crippen LogP contribution < -0.4 is 5.46 Å². The van der Waals surface area contributed by atoms with Crippen LogP contribution in [-0.2, 0) is 27.2 Å². The van der Waals surface area contributed by atoms with Crippen molar-refractivity contribution in [2.45, 2.75) is 58.9 Å². The average Bonchev–Trinajstić information content (AvgIpc) is 2.88. The van der Waals surface area contributed by atoms with Crippen LogP contribution in [0.3, 0.4) is 0 Å². The Morgan fingerprint density at radius 1 is 1.14 bits per heavy atom. The summed E-state index contributed by atoms with van der Waals surface area (Å²) in [5.41, 5.74) is 2.72. The standard InChI is InChI=1S/C16H22BNO3/c1-11(19)18-9-12-7-6-8-14(13(12)10-18)17-20-15(2,3)16(4,5)21-17/h6-8H,9-10H2,1-5H3. The van der Waals surface area contributed by atoms with Crippen LogP contribution in [0.1, 0.15) is 45.7 Å². The van der Waals surface area contributed by atoms with Crippen LogP contribution in [0.4, 0.5) is 0 Å². The van der Waals surface area contributed by atoms with Gasteiger partial charge in [-0.15, -0.1) is 0 Å². The number of carbonyl (C=O) groups excluding carboxylic acids is 1. The van der Waals surface area contributed by atoms with Crippen LogP contribution in [0, 0.1) is 0 Å². The molecule has 0 aromatic heterocycles. The van der Waals surface area contributed by atoms with Gasteiger partial charge >= 0.3 is 7.12 Å². The van der Waals surface area contributed by atoms with Crippen LogP contribution in [0.2, 0.25) is 0 Å². The lowest BCUT2D eigenvalue weighted by atomic mass is 9.75. The molecule has 2 aliphatic rings. The first-order valence-electron chi connectivity index (χ1n) is 7.43. The summed E-state index contributed by atoms with van der Waals surface area (Å²) in [6.45, 7) is 11.1. The molecule has 0 radical (unpaired) electrons. The number of fused-ring (bicyclic) bond motifs is 1. The molecule has 0 N–H and O–H groups in total. The van der Waals surface area contributed by atoms with Crippen LogP contribution in [0.15, 0.2) is 18.2 Å². The minimum atomic E-state index is -0.364. The predicted molar refractivity (Wildman–Crippen MR) is 82.1 cm³/mol. The van der Waals surface area contributed by atoms with E-state index in [4.69, 9.17) is 9.31 Å². The number of benzene rings is 1. The summed E-state index contributed by atoms with van der Waals surface area (Å²) in [7, 11) is -0.364. The molecule has 3 rings (SSSR count).